The first-order valence-electron chi connectivity index (χ1n) is 10.2. The molecule has 0 aliphatic rings. The van der Waals surface area contributed by atoms with E-state index in [1.54, 1.807) is 23.5 Å². The third kappa shape index (κ3) is 6.92. The number of anilines is 2. The number of nitrogens with zero attached hydrogens (tertiary/aromatic N) is 2. The summed E-state index contributed by atoms with van der Waals surface area (Å²) in [5.74, 6) is 0.878. The average Bonchev–Trinajstić information content (AvgIpc) is 3.36. The molecular formula is C24H21Cl2N5OS. The summed E-state index contributed by atoms with van der Waals surface area (Å²) in [6.07, 6.45) is 0. The molecule has 6 nitrogen and oxygen atoms in total. The molecule has 0 spiro atoms. The van der Waals surface area contributed by atoms with E-state index >= 15 is 0 Å². The van der Waals surface area contributed by atoms with E-state index in [0.717, 1.165) is 21.7 Å². The number of rotatable bonds is 9. The Bertz CT molecular complexity index is 1220. The number of aromatic nitrogens is 2. The molecule has 0 atom stereocenters. The molecule has 4 aromatic rings. The predicted molar refractivity (Wildman–Crippen MR) is 136 cm³/mol. The number of hydrogen-bond donors (Lipinski definition) is 3. The molecule has 2 aromatic carbocycles. The van der Waals surface area contributed by atoms with Crippen LogP contribution in [0.5, 0.6) is 0 Å². The molecule has 9 heteroatoms. The fourth-order valence-electron chi connectivity index (χ4n) is 3.03. The summed E-state index contributed by atoms with van der Waals surface area (Å²) >= 11 is 13.6. The molecule has 4 rings (SSSR count). The fourth-order valence-corrected chi connectivity index (χ4v) is 4.06. The summed E-state index contributed by atoms with van der Waals surface area (Å²) in [5.41, 5.74) is 2.77. The third-order valence-corrected chi connectivity index (χ3v) is 6.05. The maximum atomic E-state index is 12.3. The van der Waals surface area contributed by atoms with E-state index < -0.39 is 0 Å². The van der Waals surface area contributed by atoms with E-state index in [1.165, 1.54) is 0 Å². The molecule has 1 amide bonds. The van der Waals surface area contributed by atoms with Crippen molar-refractivity contribution in [1.82, 2.24) is 15.3 Å². The minimum absolute atomic E-state index is 0.0855. The number of halogens is 2. The zero-order valence-corrected chi connectivity index (χ0v) is 19.8. The van der Waals surface area contributed by atoms with Crippen LogP contribution in [0, 0.1) is 0 Å². The van der Waals surface area contributed by atoms with Crippen LogP contribution in [-0.4, -0.2) is 22.4 Å². The highest BCUT2D eigenvalue weighted by Crippen LogP contribution is 2.26. The Morgan fingerprint density at radius 2 is 1.70 bits per heavy atom. The lowest BCUT2D eigenvalue weighted by Crippen LogP contribution is -2.29. The van der Waals surface area contributed by atoms with Gasteiger partial charge in [0.05, 0.1) is 17.1 Å². The summed E-state index contributed by atoms with van der Waals surface area (Å²) in [7, 11) is 0. The second kappa shape index (κ2) is 11.1. The first-order chi connectivity index (χ1) is 16.0. The molecule has 0 aliphatic heterocycles. The van der Waals surface area contributed by atoms with Crippen molar-refractivity contribution < 1.29 is 4.79 Å². The van der Waals surface area contributed by atoms with Gasteiger partial charge in [0.1, 0.15) is 5.82 Å². The maximum absolute atomic E-state index is 12.3. The molecule has 3 N–H and O–H groups in total. The van der Waals surface area contributed by atoms with E-state index in [9.17, 15) is 4.79 Å². The highest BCUT2D eigenvalue weighted by atomic mass is 35.5. The minimum Gasteiger partial charge on any atom is -0.361 e. The average molecular weight is 498 g/mol. The summed E-state index contributed by atoms with van der Waals surface area (Å²) in [6, 6.07) is 20.8. The molecule has 0 fully saturated rings. The van der Waals surface area contributed by atoms with E-state index in [0.29, 0.717) is 34.9 Å². The van der Waals surface area contributed by atoms with Crippen LogP contribution in [-0.2, 0) is 17.9 Å². The monoisotopic (exact) mass is 497 g/mol. The van der Waals surface area contributed by atoms with Gasteiger partial charge in [-0.3, -0.25) is 4.79 Å². The molecule has 2 heterocycles. The van der Waals surface area contributed by atoms with Gasteiger partial charge in [0.25, 0.3) is 0 Å². The molecule has 0 saturated carbocycles. The lowest BCUT2D eigenvalue weighted by atomic mass is 10.2. The Hall–Kier alpha value is -3.13. The molecule has 168 valence electrons. The number of carbonyl (C=O) groups is 1. The van der Waals surface area contributed by atoms with Crippen molar-refractivity contribution in [2.45, 2.75) is 13.1 Å². The van der Waals surface area contributed by atoms with Gasteiger partial charge in [0.15, 0.2) is 0 Å². The van der Waals surface area contributed by atoms with Crippen molar-refractivity contribution in [3.8, 4) is 10.6 Å². The van der Waals surface area contributed by atoms with Gasteiger partial charge < -0.3 is 16.0 Å². The van der Waals surface area contributed by atoms with Crippen molar-refractivity contribution >= 4 is 52.2 Å². The maximum Gasteiger partial charge on any atom is 0.239 e. The topological polar surface area (TPSA) is 78.9 Å². The molecule has 0 radical (unpaired) electrons. The zero-order valence-electron chi connectivity index (χ0n) is 17.5. The Labute approximate surface area is 206 Å². The smallest absolute Gasteiger partial charge is 0.239 e. The number of nitrogens with one attached hydrogen (secondary N) is 3. The van der Waals surface area contributed by atoms with Crippen LogP contribution in [0.3, 0.4) is 0 Å². The van der Waals surface area contributed by atoms with E-state index in [-0.39, 0.29) is 12.5 Å². The number of carbonyl (C=O) groups excluding carboxylic acids is 1. The zero-order chi connectivity index (χ0) is 23.0. The molecule has 33 heavy (non-hydrogen) atoms. The number of thiophene rings is 1. The van der Waals surface area contributed by atoms with Crippen LogP contribution < -0.4 is 16.0 Å². The van der Waals surface area contributed by atoms with Gasteiger partial charge in [-0.25, -0.2) is 4.98 Å². The van der Waals surface area contributed by atoms with Gasteiger partial charge in [-0.2, -0.15) is 4.98 Å². The van der Waals surface area contributed by atoms with Crippen molar-refractivity contribution in [2.24, 2.45) is 0 Å². The lowest BCUT2D eigenvalue weighted by molar-refractivity contribution is -0.119. The lowest BCUT2D eigenvalue weighted by Gasteiger charge is -2.11. The van der Waals surface area contributed by atoms with Gasteiger partial charge in [-0.1, -0.05) is 53.5 Å². The van der Waals surface area contributed by atoms with E-state index in [1.807, 2.05) is 60.0 Å². The Morgan fingerprint density at radius 3 is 2.45 bits per heavy atom. The summed E-state index contributed by atoms with van der Waals surface area (Å²) in [4.78, 5) is 22.5. The highest BCUT2D eigenvalue weighted by molar-refractivity contribution is 7.13. The summed E-state index contributed by atoms with van der Waals surface area (Å²) in [5, 5.41) is 12.6. The Kier molecular flexibility index (Phi) is 7.78. The minimum atomic E-state index is -0.144. The number of amides is 1. The summed E-state index contributed by atoms with van der Waals surface area (Å²) < 4.78 is 0. The van der Waals surface area contributed by atoms with Crippen molar-refractivity contribution in [1.29, 1.82) is 0 Å². The molecule has 2 aromatic heterocycles. The van der Waals surface area contributed by atoms with E-state index in [4.69, 9.17) is 23.2 Å². The van der Waals surface area contributed by atoms with Crippen LogP contribution in [0.2, 0.25) is 10.0 Å². The number of benzene rings is 2. The Balaban J connectivity index is 1.41. The molecule has 0 saturated heterocycles. The second-order valence-corrected chi connectivity index (χ2v) is 9.00. The normalized spacial score (nSPS) is 10.6. The third-order valence-electron chi connectivity index (χ3n) is 4.67. The van der Waals surface area contributed by atoms with Crippen LogP contribution in [0.1, 0.15) is 11.1 Å². The summed E-state index contributed by atoms with van der Waals surface area (Å²) in [6.45, 7) is 1.03. The predicted octanol–water partition coefficient (Wildman–Crippen LogP) is 5.85. The largest absolute Gasteiger partial charge is 0.361 e. The Morgan fingerprint density at radius 1 is 0.848 bits per heavy atom. The van der Waals surface area contributed by atoms with Crippen molar-refractivity contribution in [3.63, 3.8) is 0 Å². The van der Waals surface area contributed by atoms with Crippen LogP contribution in [0.15, 0.2) is 72.1 Å². The van der Waals surface area contributed by atoms with E-state index in [2.05, 4.69) is 25.9 Å². The van der Waals surface area contributed by atoms with Crippen LogP contribution >= 0.6 is 34.5 Å². The van der Waals surface area contributed by atoms with Crippen molar-refractivity contribution in [3.05, 3.63) is 93.3 Å². The highest BCUT2D eigenvalue weighted by Gasteiger charge is 2.09. The molecule has 0 bridgehead atoms. The molecule has 0 aliphatic carbocycles. The quantitative estimate of drug-likeness (QED) is 0.270. The SMILES string of the molecule is O=C(CNc1cc(-c2cccs2)nc(NCc2cccc(Cl)c2)n1)NCc1ccc(Cl)cc1. The van der Waals surface area contributed by atoms with Gasteiger partial charge >= 0.3 is 0 Å². The van der Waals surface area contributed by atoms with Gasteiger partial charge in [-0.05, 0) is 46.8 Å². The van der Waals surface area contributed by atoms with Crippen molar-refractivity contribution in [2.75, 3.05) is 17.2 Å². The molecule has 0 unspecified atom stereocenters. The molecular weight excluding hydrogens is 477 g/mol. The second-order valence-electron chi connectivity index (χ2n) is 7.18. The van der Waals surface area contributed by atoms with Crippen LogP contribution in [0.25, 0.3) is 10.6 Å². The van der Waals surface area contributed by atoms with Gasteiger partial charge in [0, 0.05) is 29.2 Å². The van der Waals surface area contributed by atoms with Gasteiger partial charge in [0.2, 0.25) is 11.9 Å². The van der Waals surface area contributed by atoms with Crippen LogP contribution in [0.4, 0.5) is 11.8 Å². The number of hydrogen-bond acceptors (Lipinski definition) is 6. The first kappa shape index (κ1) is 23.0. The standard InChI is InChI=1S/C24H21Cl2N5OS/c25-18-8-6-16(7-9-18)13-28-23(32)15-27-22-12-20(21-5-2-10-33-21)30-24(31-22)29-14-17-3-1-4-19(26)11-17/h1-12H,13-15H2,(H,28,32)(H2,27,29,30,31). The first-order valence-corrected chi connectivity index (χ1v) is 11.8. The van der Waals surface area contributed by atoms with Gasteiger partial charge in [-0.15, -0.1) is 11.3 Å². The fraction of sp³-hybridized carbons (Fsp3) is 0.125.